The number of hydrogen-bond donors (Lipinski definition) is 2. The van der Waals surface area contributed by atoms with Crippen LogP contribution in [0.25, 0.3) is 0 Å². The lowest BCUT2D eigenvalue weighted by molar-refractivity contribution is -0.142. The van der Waals surface area contributed by atoms with Gasteiger partial charge in [0.15, 0.2) is 0 Å². The Bertz CT molecular complexity index is 459. The third-order valence-corrected chi connectivity index (χ3v) is 3.94. The molecular weight excluding hydrogens is 290 g/mol. The molecule has 0 aromatic heterocycles. The van der Waals surface area contributed by atoms with E-state index >= 15 is 0 Å². The van der Waals surface area contributed by atoms with Gasteiger partial charge in [-0.05, 0) is 31.2 Å². The van der Waals surface area contributed by atoms with Crippen molar-refractivity contribution < 1.29 is 14.7 Å². The molecule has 0 unspecified atom stereocenters. The average molecular weight is 319 g/mol. The standard InChI is InChI=1S/C19H29NO3/c1-2-3-14-17(19(22)23)20-18(21)15-10-5-4-7-11-16-12-8-6-9-13-16/h6,8-9,12-13,17H,2-5,7,10-11,14-15H2,1H3,(H,20,21)(H,22,23)/t17-/m0/s1. The number of carbonyl (C=O) groups is 2. The quantitative estimate of drug-likeness (QED) is 0.573. The maximum absolute atomic E-state index is 11.8. The van der Waals surface area contributed by atoms with E-state index in [1.165, 1.54) is 5.56 Å². The van der Waals surface area contributed by atoms with Crippen molar-refractivity contribution in [2.24, 2.45) is 0 Å². The molecule has 4 nitrogen and oxygen atoms in total. The summed E-state index contributed by atoms with van der Waals surface area (Å²) >= 11 is 0. The molecule has 23 heavy (non-hydrogen) atoms. The molecule has 0 aliphatic carbocycles. The molecule has 0 heterocycles. The Morgan fingerprint density at radius 3 is 2.39 bits per heavy atom. The first-order chi connectivity index (χ1) is 11.1. The molecule has 0 aliphatic heterocycles. The highest BCUT2D eigenvalue weighted by Gasteiger charge is 2.18. The van der Waals surface area contributed by atoms with Crippen molar-refractivity contribution in [2.45, 2.75) is 70.8 Å². The van der Waals surface area contributed by atoms with Gasteiger partial charge in [-0.3, -0.25) is 4.79 Å². The largest absolute Gasteiger partial charge is 0.480 e. The van der Waals surface area contributed by atoms with Crippen LogP contribution in [0.3, 0.4) is 0 Å². The maximum Gasteiger partial charge on any atom is 0.326 e. The Morgan fingerprint density at radius 1 is 1.04 bits per heavy atom. The highest BCUT2D eigenvalue weighted by molar-refractivity contribution is 5.83. The fourth-order valence-electron chi connectivity index (χ4n) is 2.55. The number of amides is 1. The second-order valence-corrected chi connectivity index (χ2v) is 6.00. The van der Waals surface area contributed by atoms with Crippen LogP contribution in [-0.4, -0.2) is 23.0 Å². The molecule has 0 bridgehead atoms. The van der Waals surface area contributed by atoms with Crippen LogP contribution < -0.4 is 5.32 Å². The summed E-state index contributed by atoms with van der Waals surface area (Å²) in [5.74, 6) is -1.08. The smallest absolute Gasteiger partial charge is 0.326 e. The minimum absolute atomic E-state index is 0.142. The molecular formula is C19H29NO3. The van der Waals surface area contributed by atoms with Crippen molar-refractivity contribution in [3.05, 3.63) is 35.9 Å². The molecule has 0 spiro atoms. The number of carboxylic acids is 1. The van der Waals surface area contributed by atoms with Gasteiger partial charge in [0.2, 0.25) is 5.91 Å². The fourth-order valence-corrected chi connectivity index (χ4v) is 2.55. The first-order valence-electron chi connectivity index (χ1n) is 8.69. The van der Waals surface area contributed by atoms with Crippen LogP contribution in [0.1, 0.15) is 63.9 Å². The van der Waals surface area contributed by atoms with Crippen molar-refractivity contribution >= 4 is 11.9 Å². The summed E-state index contributed by atoms with van der Waals surface area (Å²) in [7, 11) is 0. The molecule has 0 aliphatic rings. The highest BCUT2D eigenvalue weighted by Crippen LogP contribution is 2.09. The second-order valence-electron chi connectivity index (χ2n) is 6.00. The number of aliphatic carboxylic acids is 1. The van der Waals surface area contributed by atoms with Gasteiger partial charge in [-0.25, -0.2) is 4.79 Å². The summed E-state index contributed by atoms with van der Waals surface area (Å²) in [5, 5.41) is 11.7. The topological polar surface area (TPSA) is 66.4 Å². The van der Waals surface area contributed by atoms with Crippen LogP contribution >= 0.6 is 0 Å². The normalized spacial score (nSPS) is 11.9. The van der Waals surface area contributed by atoms with Gasteiger partial charge in [-0.2, -0.15) is 0 Å². The minimum Gasteiger partial charge on any atom is -0.480 e. The minimum atomic E-state index is -0.935. The average Bonchev–Trinajstić information content (AvgIpc) is 2.55. The summed E-state index contributed by atoms with van der Waals surface area (Å²) in [6.07, 6.45) is 7.80. The molecule has 1 rings (SSSR count). The van der Waals surface area contributed by atoms with E-state index in [4.69, 9.17) is 5.11 Å². The fraction of sp³-hybridized carbons (Fsp3) is 0.579. The van der Waals surface area contributed by atoms with E-state index in [9.17, 15) is 9.59 Å². The van der Waals surface area contributed by atoms with Gasteiger partial charge in [-0.15, -0.1) is 0 Å². The lowest BCUT2D eigenvalue weighted by atomic mass is 10.1. The van der Waals surface area contributed by atoms with Crippen LogP contribution in [0.4, 0.5) is 0 Å². The Hall–Kier alpha value is -1.84. The molecule has 1 aromatic rings. The van der Waals surface area contributed by atoms with E-state index in [-0.39, 0.29) is 5.91 Å². The molecule has 2 N–H and O–H groups in total. The van der Waals surface area contributed by atoms with Gasteiger partial charge in [0.25, 0.3) is 0 Å². The summed E-state index contributed by atoms with van der Waals surface area (Å²) in [4.78, 5) is 22.9. The number of hydrogen-bond acceptors (Lipinski definition) is 2. The molecule has 4 heteroatoms. The lowest BCUT2D eigenvalue weighted by Crippen LogP contribution is -2.40. The zero-order chi connectivity index (χ0) is 16.9. The van der Waals surface area contributed by atoms with Crippen molar-refractivity contribution in [3.63, 3.8) is 0 Å². The van der Waals surface area contributed by atoms with Crippen molar-refractivity contribution in [3.8, 4) is 0 Å². The van der Waals surface area contributed by atoms with E-state index in [2.05, 4.69) is 29.6 Å². The number of rotatable bonds is 12. The van der Waals surface area contributed by atoms with Crippen LogP contribution in [0, 0.1) is 0 Å². The first kappa shape index (κ1) is 19.2. The monoisotopic (exact) mass is 319 g/mol. The number of benzene rings is 1. The van der Waals surface area contributed by atoms with E-state index in [0.29, 0.717) is 12.8 Å². The zero-order valence-electron chi connectivity index (χ0n) is 14.1. The van der Waals surface area contributed by atoms with Gasteiger partial charge < -0.3 is 10.4 Å². The van der Waals surface area contributed by atoms with Gasteiger partial charge in [0.05, 0.1) is 0 Å². The van der Waals surface area contributed by atoms with Crippen LogP contribution in [0.2, 0.25) is 0 Å². The number of nitrogens with one attached hydrogen (secondary N) is 1. The van der Waals surface area contributed by atoms with Crippen LogP contribution in [0.5, 0.6) is 0 Å². The second kappa shape index (κ2) is 11.7. The van der Waals surface area contributed by atoms with E-state index in [1.807, 2.05) is 13.0 Å². The Balaban J connectivity index is 2.10. The van der Waals surface area contributed by atoms with Crippen molar-refractivity contribution in [2.75, 3.05) is 0 Å². The van der Waals surface area contributed by atoms with E-state index < -0.39 is 12.0 Å². The van der Waals surface area contributed by atoms with Gasteiger partial charge in [0, 0.05) is 6.42 Å². The third-order valence-electron chi connectivity index (χ3n) is 3.94. The zero-order valence-corrected chi connectivity index (χ0v) is 14.1. The predicted octanol–water partition coefficient (Wildman–Crippen LogP) is 3.94. The van der Waals surface area contributed by atoms with E-state index in [1.54, 1.807) is 0 Å². The number of unbranched alkanes of at least 4 members (excludes halogenated alkanes) is 4. The Labute approximate surface area is 139 Å². The molecule has 0 fully saturated rings. The Kier molecular flexibility index (Phi) is 9.76. The molecule has 0 radical (unpaired) electrons. The first-order valence-corrected chi connectivity index (χ1v) is 8.69. The van der Waals surface area contributed by atoms with E-state index in [0.717, 1.165) is 44.9 Å². The molecule has 1 amide bonds. The van der Waals surface area contributed by atoms with Crippen molar-refractivity contribution in [1.82, 2.24) is 5.32 Å². The van der Waals surface area contributed by atoms with Crippen LogP contribution in [-0.2, 0) is 16.0 Å². The van der Waals surface area contributed by atoms with Gasteiger partial charge >= 0.3 is 5.97 Å². The van der Waals surface area contributed by atoms with Crippen LogP contribution in [0.15, 0.2) is 30.3 Å². The molecule has 0 saturated heterocycles. The van der Waals surface area contributed by atoms with Gasteiger partial charge in [-0.1, -0.05) is 62.9 Å². The summed E-state index contributed by atoms with van der Waals surface area (Å²) < 4.78 is 0. The molecule has 0 saturated carbocycles. The SMILES string of the molecule is CCCC[C@H](NC(=O)CCCCCCc1ccccc1)C(=O)O. The number of carbonyl (C=O) groups excluding carboxylic acids is 1. The Morgan fingerprint density at radius 2 is 1.74 bits per heavy atom. The third kappa shape index (κ3) is 9.01. The molecule has 1 aromatic carbocycles. The highest BCUT2D eigenvalue weighted by atomic mass is 16.4. The van der Waals surface area contributed by atoms with Crippen molar-refractivity contribution in [1.29, 1.82) is 0 Å². The molecule has 1 atom stereocenters. The molecule has 128 valence electrons. The summed E-state index contributed by atoms with van der Waals surface area (Å²) in [6.45, 7) is 2.01. The maximum atomic E-state index is 11.8. The lowest BCUT2D eigenvalue weighted by Gasteiger charge is -2.13. The summed E-state index contributed by atoms with van der Waals surface area (Å²) in [6, 6.07) is 9.66. The summed E-state index contributed by atoms with van der Waals surface area (Å²) in [5.41, 5.74) is 1.35. The predicted molar refractivity (Wildman–Crippen MR) is 92.3 cm³/mol. The van der Waals surface area contributed by atoms with Gasteiger partial charge in [0.1, 0.15) is 6.04 Å². The number of carboxylic acid groups (broad SMARTS) is 1. The number of aryl methyl sites for hydroxylation is 1.